The molecule has 0 saturated carbocycles. The van der Waals surface area contributed by atoms with Crippen LogP contribution in [0.4, 0.5) is 0 Å². The molecule has 0 bridgehead atoms. The summed E-state index contributed by atoms with van der Waals surface area (Å²) in [6.45, 7) is 6.15. The Morgan fingerprint density at radius 3 is 2.50 bits per heavy atom. The van der Waals surface area contributed by atoms with Gasteiger partial charge in [0.25, 0.3) is 0 Å². The van der Waals surface area contributed by atoms with E-state index in [2.05, 4.69) is 41.6 Å². The van der Waals surface area contributed by atoms with Crippen LogP contribution in [-0.4, -0.2) is 6.10 Å². The molecule has 0 atom stereocenters. The summed E-state index contributed by atoms with van der Waals surface area (Å²) in [4.78, 5) is 0. The first-order chi connectivity index (χ1) is 5.59. The number of benzene rings is 1. The van der Waals surface area contributed by atoms with Crippen LogP contribution in [0.3, 0.4) is 0 Å². The molecule has 1 aromatic rings. The van der Waals surface area contributed by atoms with Crippen LogP contribution in [0, 0.1) is 10.5 Å². The van der Waals surface area contributed by atoms with Gasteiger partial charge in [-0.25, -0.2) is 0 Å². The Hall–Kier alpha value is -0.250. The monoisotopic (exact) mass is 276 g/mol. The molecule has 0 radical (unpaired) electrons. The van der Waals surface area contributed by atoms with Crippen LogP contribution in [-0.2, 0) is 0 Å². The Kier molecular flexibility index (Phi) is 3.38. The third-order valence-electron chi connectivity index (χ3n) is 1.50. The van der Waals surface area contributed by atoms with Gasteiger partial charge in [0, 0.05) is 3.57 Å². The van der Waals surface area contributed by atoms with Crippen LogP contribution in [0.1, 0.15) is 19.4 Å². The summed E-state index contributed by atoms with van der Waals surface area (Å²) in [5, 5.41) is 0. The van der Waals surface area contributed by atoms with Crippen molar-refractivity contribution < 1.29 is 4.74 Å². The van der Waals surface area contributed by atoms with Gasteiger partial charge in [0.2, 0.25) is 0 Å². The number of rotatable bonds is 2. The maximum absolute atomic E-state index is 5.60. The SMILES string of the molecule is Cc1cc(I)ccc1OC(C)C. The molecule has 0 aliphatic carbocycles. The van der Waals surface area contributed by atoms with E-state index in [0.29, 0.717) is 0 Å². The lowest BCUT2D eigenvalue weighted by atomic mass is 10.2. The number of aryl methyl sites for hydroxylation is 1. The maximum Gasteiger partial charge on any atom is 0.122 e. The third kappa shape index (κ3) is 2.66. The van der Waals surface area contributed by atoms with Gasteiger partial charge in [-0.2, -0.15) is 0 Å². The van der Waals surface area contributed by atoms with Crippen LogP contribution >= 0.6 is 22.6 Å². The van der Waals surface area contributed by atoms with E-state index in [9.17, 15) is 0 Å². The van der Waals surface area contributed by atoms with Gasteiger partial charge in [-0.15, -0.1) is 0 Å². The van der Waals surface area contributed by atoms with Crippen LogP contribution in [0.25, 0.3) is 0 Å². The van der Waals surface area contributed by atoms with Gasteiger partial charge in [-0.1, -0.05) is 0 Å². The van der Waals surface area contributed by atoms with Gasteiger partial charge in [0.15, 0.2) is 0 Å². The largest absolute Gasteiger partial charge is 0.491 e. The van der Waals surface area contributed by atoms with Gasteiger partial charge in [0.05, 0.1) is 6.10 Å². The Balaban J connectivity index is 2.86. The summed E-state index contributed by atoms with van der Waals surface area (Å²) < 4.78 is 6.85. The van der Waals surface area contributed by atoms with Crippen LogP contribution in [0.2, 0.25) is 0 Å². The molecular formula is C10H13IO. The van der Waals surface area contributed by atoms with E-state index in [1.165, 1.54) is 9.13 Å². The minimum Gasteiger partial charge on any atom is -0.491 e. The van der Waals surface area contributed by atoms with E-state index in [4.69, 9.17) is 4.74 Å². The lowest BCUT2D eigenvalue weighted by molar-refractivity contribution is 0.241. The fourth-order valence-electron chi connectivity index (χ4n) is 0.999. The zero-order chi connectivity index (χ0) is 9.14. The normalized spacial score (nSPS) is 10.4. The molecule has 0 aromatic heterocycles. The van der Waals surface area contributed by atoms with Gasteiger partial charge < -0.3 is 4.74 Å². The Labute approximate surface area is 87.3 Å². The standard InChI is InChI=1S/C10H13IO/c1-7(2)12-10-5-4-9(11)6-8(10)3/h4-7H,1-3H3. The summed E-state index contributed by atoms with van der Waals surface area (Å²) >= 11 is 2.30. The molecule has 0 aliphatic rings. The van der Waals surface area contributed by atoms with Crippen LogP contribution in [0.5, 0.6) is 5.75 Å². The van der Waals surface area contributed by atoms with Crippen molar-refractivity contribution in [3.05, 3.63) is 27.3 Å². The number of hydrogen-bond donors (Lipinski definition) is 0. The minimum atomic E-state index is 0.253. The van der Waals surface area contributed by atoms with E-state index < -0.39 is 0 Å². The van der Waals surface area contributed by atoms with Crippen molar-refractivity contribution in [3.8, 4) is 5.75 Å². The third-order valence-corrected chi connectivity index (χ3v) is 2.17. The van der Waals surface area contributed by atoms with E-state index in [1.807, 2.05) is 19.9 Å². The average molecular weight is 276 g/mol. The highest BCUT2D eigenvalue weighted by Crippen LogP contribution is 2.20. The molecule has 0 aliphatic heterocycles. The van der Waals surface area contributed by atoms with Crippen molar-refractivity contribution in [3.63, 3.8) is 0 Å². The lowest BCUT2D eigenvalue weighted by Gasteiger charge is -2.11. The first-order valence-electron chi connectivity index (χ1n) is 4.02. The highest BCUT2D eigenvalue weighted by atomic mass is 127. The molecule has 66 valence electrons. The molecule has 0 N–H and O–H groups in total. The fourth-order valence-corrected chi connectivity index (χ4v) is 1.65. The predicted octanol–water partition coefficient (Wildman–Crippen LogP) is 3.39. The molecule has 12 heavy (non-hydrogen) atoms. The van der Waals surface area contributed by atoms with Gasteiger partial charge in [-0.3, -0.25) is 0 Å². The molecule has 0 fully saturated rings. The van der Waals surface area contributed by atoms with Gasteiger partial charge >= 0.3 is 0 Å². The van der Waals surface area contributed by atoms with Crippen molar-refractivity contribution >= 4 is 22.6 Å². The van der Waals surface area contributed by atoms with E-state index >= 15 is 0 Å². The summed E-state index contributed by atoms with van der Waals surface area (Å²) in [7, 11) is 0. The van der Waals surface area contributed by atoms with Crippen molar-refractivity contribution in [2.45, 2.75) is 26.9 Å². The highest BCUT2D eigenvalue weighted by molar-refractivity contribution is 14.1. The van der Waals surface area contributed by atoms with Crippen molar-refractivity contribution in [1.29, 1.82) is 0 Å². The molecule has 0 amide bonds. The van der Waals surface area contributed by atoms with Crippen molar-refractivity contribution in [1.82, 2.24) is 0 Å². The molecule has 1 rings (SSSR count). The second-order valence-electron chi connectivity index (χ2n) is 3.08. The topological polar surface area (TPSA) is 9.23 Å². The Bertz CT molecular complexity index is 269. The summed E-state index contributed by atoms with van der Waals surface area (Å²) in [6.07, 6.45) is 0.253. The molecule has 2 heteroatoms. The number of hydrogen-bond acceptors (Lipinski definition) is 1. The molecule has 0 heterocycles. The quantitative estimate of drug-likeness (QED) is 0.752. The second-order valence-corrected chi connectivity index (χ2v) is 4.32. The fraction of sp³-hybridized carbons (Fsp3) is 0.400. The molecular weight excluding hydrogens is 263 g/mol. The molecule has 0 spiro atoms. The molecule has 1 aromatic carbocycles. The Morgan fingerprint density at radius 2 is 2.00 bits per heavy atom. The van der Waals surface area contributed by atoms with Gasteiger partial charge in [0.1, 0.15) is 5.75 Å². The molecule has 1 nitrogen and oxygen atoms in total. The van der Waals surface area contributed by atoms with E-state index in [0.717, 1.165) is 5.75 Å². The van der Waals surface area contributed by atoms with Crippen molar-refractivity contribution in [2.75, 3.05) is 0 Å². The van der Waals surface area contributed by atoms with E-state index in [1.54, 1.807) is 0 Å². The highest BCUT2D eigenvalue weighted by Gasteiger charge is 2.01. The first kappa shape index (κ1) is 9.84. The summed E-state index contributed by atoms with van der Waals surface area (Å²) in [5.74, 6) is 0.991. The smallest absolute Gasteiger partial charge is 0.122 e. The van der Waals surface area contributed by atoms with Crippen LogP contribution in [0.15, 0.2) is 18.2 Å². The zero-order valence-electron chi connectivity index (χ0n) is 7.60. The summed E-state index contributed by atoms with van der Waals surface area (Å²) in [5.41, 5.74) is 1.20. The lowest BCUT2D eigenvalue weighted by Crippen LogP contribution is -2.06. The first-order valence-corrected chi connectivity index (χ1v) is 5.10. The number of ether oxygens (including phenoxy) is 1. The maximum atomic E-state index is 5.60. The molecule has 0 unspecified atom stereocenters. The minimum absolute atomic E-state index is 0.253. The average Bonchev–Trinajstić information content (AvgIpc) is 1.94. The predicted molar refractivity (Wildman–Crippen MR) is 59.7 cm³/mol. The van der Waals surface area contributed by atoms with E-state index in [-0.39, 0.29) is 6.10 Å². The van der Waals surface area contributed by atoms with Crippen LogP contribution < -0.4 is 4.74 Å². The zero-order valence-corrected chi connectivity index (χ0v) is 9.75. The molecule has 0 saturated heterocycles. The Morgan fingerprint density at radius 1 is 1.33 bits per heavy atom. The number of halogens is 1. The second kappa shape index (κ2) is 4.12. The summed E-state index contributed by atoms with van der Waals surface area (Å²) in [6, 6.07) is 6.21. The van der Waals surface area contributed by atoms with Crippen molar-refractivity contribution in [2.24, 2.45) is 0 Å². The van der Waals surface area contributed by atoms with Gasteiger partial charge in [-0.05, 0) is 67.1 Å².